The van der Waals surface area contributed by atoms with Crippen LogP contribution in [0.2, 0.25) is 0 Å². The molecule has 10 heavy (non-hydrogen) atoms. The van der Waals surface area contributed by atoms with Gasteiger partial charge in [-0.25, -0.2) is 4.57 Å². The summed E-state index contributed by atoms with van der Waals surface area (Å²) in [6, 6.07) is 0. The Morgan fingerprint density at radius 2 is 1.70 bits per heavy atom. The Morgan fingerprint density at radius 1 is 1.60 bits per heavy atom. The molecule has 0 aromatic carbocycles. The molecule has 0 heterocycles. The predicted octanol–water partition coefficient (Wildman–Crippen LogP) is -0.792. The normalized spacial score (nSPS) is 9.60. The van der Waals surface area contributed by atoms with Gasteiger partial charge in [-0.2, -0.15) is 0 Å². The molecule has 0 aromatic heterocycles. The second-order valence-electron chi connectivity index (χ2n) is 1.29. The molecule has 6 nitrogen and oxygen atoms in total. The first kappa shape index (κ1) is 12.3. The van der Waals surface area contributed by atoms with Crippen LogP contribution in [0.5, 0.6) is 0 Å². The number of hydrogen-bond donors (Lipinski definition) is 4. The molecule has 0 spiro atoms. The van der Waals surface area contributed by atoms with Gasteiger partial charge in [-0.05, 0) is 6.54 Å². The maximum atomic E-state index is 9.55. The van der Waals surface area contributed by atoms with Crippen LogP contribution >= 0.6 is 7.60 Å². The number of rotatable bonds is 1. The van der Waals surface area contributed by atoms with E-state index in [9.17, 15) is 9.36 Å². The first-order chi connectivity index (χ1) is 4.36. The minimum atomic E-state index is -4.60. The van der Waals surface area contributed by atoms with Crippen LogP contribution in [0, 0.1) is 0 Å². The van der Waals surface area contributed by atoms with Gasteiger partial charge in [0.2, 0.25) is 0 Å². The van der Waals surface area contributed by atoms with Gasteiger partial charge in [-0.3, -0.25) is 4.79 Å². The lowest BCUT2D eigenvalue weighted by Crippen LogP contribution is -2.07. The lowest BCUT2D eigenvalue weighted by Gasteiger charge is -1.91. The van der Waals surface area contributed by atoms with Crippen molar-refractivity contribution in [1.82, 2.24) is 0 Å². The molecular formula is C3H11N2O4P. The van der Waals surface area contributed by atoms with E-state index in [1.165, 1.54) is 0 Å². The molecule has 0 saturated carbocycles. The van der Waals surface area contributed by atoms with Crippen LogP contribution in [-0.4, -0.2) is 22.0 Å². The summed E-state index contributed by atoms with van der Waals surface area (Å²) >= 11 is 0. The Bertz CT molecular complexity index is 141. The summed E-state index contributed by atoms with van der Waals surface area (Å²) in [6.07, 6.45) is 0. The highest BCUT2D eigenvalue weighted by Crippen LogP contribution is 2.33. The third-order valence-electron chi connectivity index (χ3n) is 0.287. The maximum Gasteiger partial charge on any atom is 0.412 e. The van der Waals surface area contributed by atoms with Crippen molar-refractivity contribution in [2.45, 2.75) is 6.92 Å². The van der Waals surface area contributed by atoms with Crippen molar-refractivity contribution >= 4 is 13.2 Å². The van der Waals surface area contributed by atoms with Gasteiger partial charge in [0.1, 0.15) is 0 Å². The summed E-state index contributed by atoms with van der Waals surface area (Å²) in [4.78, 5) is 24.9. The molecule has 0 saturated heterocycles. The van der Waals surface area contributed by atoms with Gasteiger partial charge in [0, 0.05) is 0 Å². The zero-order valence-electron chi connectivity index (χ0n) is 5.52. The van der Waals surface area contributed by atoms with Crippen molar-refractivity contribution in [2.75, 3.05) is 6.54 Å². The molecule has 0 fully saturated rings. The standard InChI is InChI=1S/C2H7N.CH4NO4P/c1-2-3;2-1(3)7(4,5)6/h2-3H2,1H3;(H2,2,3)(H2,4,5,6). The molecule has 0 aliphatic heterocycles. The highest BCUT2D eigenvalue weighted by atomic mass is 31.2. The summed E-state index contributed by atoms with van der Waals surface area (Å²) in [5.74, 6) is 0. The van der Waals surface area contributed by atoms with Crippen molar-refractivity contribution in [3.63, 3.8) is 0 Å². The number of primary amides is 1. The molecule has 62 valence electrons. The average Bonchev–Trinajstić information content (AvgIpc) is 1.64. The SMILES string of the molecule is CCN.NC(=O)P(=O)(O)O. The Morgan fingerprint density at radius 3 is 1.70 bits per heavy atom. The van der Waals surface area contributed by atoms with Gasteiger partial charge in [0.15, 0.2) is 0 Å². The minimum absolute atomic E-state index is 0.750. The Balaban J connectivity index is 0. The van der Waals surface area contributed by atoms with E-state index in [0.717, 1.165) is 6.54 Å². The Hall–Kier alpha value is -0.420. The summed E-state index contributed by atoms with van der Waals surface area (Å²) in [6.45, 7) is 2.65. The van der Waals surface area contributed by atoms with Crippen LogP contribution in [0.4, 0.5) is 4.79 Å². The van der Waals surface area contributed by atoms with E-state index in [1.54, 1.807) is 0 Å². The van der Waals surface area contributed by atoms with Crippen LogP contribution < -0.4 is 11.5 Å². The first-order valence-corrected chi connectivity index (χ1v) is 4.03. The molecule has 0 rings (SSSR count). The highest BCUT2D eigenvalue weighted by molar-refractivity contribution is 7.69. The second kappa shape index (κ2) is 5.37. The molecule has 0 unspecified atom stereocenters. The zero-order chi connectivity index (χ0) is 8.78. The van der Waals surface area contributed by atoms with E-state index in [1.807, 2.05) is 6.92 Å². The topological polar surface area (TPSA) is 127 Å². The van der Waals surface area contributed by atoms with Crippen molar-refractivity contribution in [1.29, 1.82) is 0 Å². The molecule has 0 aliphatic rings. The van der Waals surface area contributed by atoms with E-state index in [0.29, 0.717) is 0 Å². The first-order valence-electron chi connectivity index (χ1n) is 2.41. The van der Waals surface area contributed by atoms with Crippen molar-refractivity contribution < 1.29 is 19.1 Å². The highest BCUT2D eigenvalue weighted by Gasteiger charge is 2.20. The van der Waals surface area contributed by atoms with E-state index >= 15 is 0 Å². The Labute approximate surface area is 58.4 Å². The molecule has 1 amide bonds. The summed E-state index contributed by atoms with van der Waals surface area (Å²) in [5.41, 5.74) is 7.42. The van der Waals surface area contributed by atoms with Gasteiger partial charge in [0.25, 0.3) is 0 Å². The lowest BCUT2D eigenvalue weighted by atomic mass is 10.8. The van der Waals surface area contributed by atoms with Crippen molar-refractivity contribution in [3.05, 3.63) is 0 Å². The van der Waals surface area contributed by atoms with Crippen LogP contribution in [-0.2, 0) is 4.57 Å². The molecular weight excluding hydrogens is 159 g/mol. The molecule has 0 aliphatic carbocycles. The summed E-state index contributed by atoms with van der Waals surface area (Å²) < 4.78 is 9.55. The largest absolute Gasteiger partial charge is 0.412 e. The fourth-order valence-electron chi connectivity index (χ4n) is 0. The maximum absolute atomic E-state index is 9.55. The molecule has 0 aromatic rings. The van der Waals surface area contributed by atoms with Crippen LogP contribution in [0.15, 0.2) is 0 Å². The van der Waals surface area contributed by atoms with Crippen LogP contribution in [0.1, 0.15) is 6.92 Å². The third kappa shape index (κ3) is 10.5. The zero-order valence-corrected chi connectivity index (χ0v) is 6.41. The fraction of sp³-hybridized carbons (Fsp3) is 0.667. The fourth-order valence-corrected chi connectivity index (χ4v) is 0. The minimum Gasteiger partial charge on any atom is -0.359 e. The molecule has 0 radical (unpaired) electrons. The van der Waals surface area contributed by atoms with Gasteiger partial charge in [0.05, 0.1) is 0 Å². The van der Waals surface area contributed by atoms with E-state index in [-0.39, 0.29) is 0 Å². The monoisotopic (exact) mass is 170 g/mol. The van der Waals surface area contributed by atoms with Gasteiger partial charge in [-0.1, -0.05) is 6.92 Å². The van der Waals surface area contributed by atoms with E-state index in [4.69, 9.17) is 15.5 Å². The van der Waals surface area contributed by atoms with Gasteiger partial charge in [-0.15, -0.1) is 0 Å². The summed E-state index contributed by atoms with van der Waals surface area (Å²) in [7, 11) is -4.60. The molecule has 0 atom stereocenters. The number of nitrogens with two attached hydrogens (primary N) is 2. The quantitative estimate of drug-likeness (QED) is 0.383. The van der Waals surface area contributed by atoms with Gasteiger partial charge >= 0.3 is 13.2 Å². The number of hydrogen-bond acceptors (Lipinski definition) is 3. The summed E-state index contributed by atoms with van der Waals surface area (Å²) in [5, 5.41) is 0. The molecule has 0 bridgehead atoms. The second-order valence-corrected chi connectivity index (χ2v) is 2.82. The average molecular weight is 170 g/mol. The number of carbonyl (C=O) groups is 1. The smallest absolute Gasteiger partial charge is 0.359 e. The van der Waals surface area contributed by atoms with Crippen molar-refractivity contribution in [2.24, 2.45) is 11.5 Å². The number of carbonyl (C=O) groups excluding carboxylic acids is 1. The predicted molar refractivity (Wildman–Crippen MR) is 36.4 cm³/mol. The number of amides is 1. The van der Waals surface area contributed by atoms with Crippen molar-refractivity contribution in [3.8, 4) is 0 Å². The van der Waals surface area contributed by atoms with E-state index < -0.39 is 13.2 Å². The molecule has 7 heteroatoms. The van der Waals surface area contributed by atoms with Crippen LogP contribution in [0.3, 0.4) is 0 Å². The Kier molecular flexibility index (Phi) is 6.59. The van der Waals surface area contributed by atoms with E-state index in [2.05, 4.69) is 5.73 Å². The lowest BCUT2D eigenvalue weighted by molar-refractivity contribution is 0.255. The third-order valence-corrected chi connectivity index (χ3v) is 0.861. The molecule has 6 N–H and O–H groups in total. The van der Waals surface area contributed by atoms with Gasteiger partial charge < -0.3 is 21.3 Å². The van der Waals surface area contributed by atoms with Crippen LogP contribution in [0.25, 0.3) is 0 Å².